The van der Waals surface area contributed by atoms with Crippen molar-refractivity contribution in [2.75, 3.05) is 4.72 Å². The van der Waals surface area contributed by atoms with Crippen LogP contribution in [0.2, 0.25) is 0 Å². The molecule has 3 heterocycles. The standard InChI is InChI=1S/C15H11N5O3S/c21-24(22,13-8-17-23-10-13)19-12-4-1-3-11(7-12)14-9-20-6-2-5-16-15(20)18-14/h1-10,19H. The zero-order valence-corrected chi connectivity index (χ0v) is 13.0. The Kier molecular flexibility index (Phi) is 3.28. The van der Waals surface area contributed by atoms with Gasteiger partial charge in [-0.15, -0.1) is 0 Å². The van der Waals surface area contributed by atoms with Gasteiger partial charge < -0.3 is 4.52 Å². The van der Waals surface area contributed by atoms with Crippen LogP contribution in [-0.2, 0) is 10.0 Å². The van der Waals surface area contributed by atoms with E-state index in [1.165, 1.54) is 0 Å². The molecule has 0 unspecified atom stereocenters. The lowest BCUT2D eigenvalue weighted by molar-refractivity contribution is 0.417. The van der Waals surface area contributed by atoms with Crippen molar-refractivity contribution in [2.45, 2.75) is 4.90 Å². The van der Waals surface area contributed by atoms with Gasteiger partial charge in [-0.2, -0.15) is 0 Å². The summed E-state index contributed by atoms with van der Waals surface area (Å²) in [4.78, 5) is 8.55. The number of hydrogen-bond donors (Lipinski definition) is 1. The lowest BCUT2D eigenvalue weighted by atomic mass is 10.1. The summed E-state index contributed by atoms with van der Waals surface area (Å²) in [6.07, 6.45) is 7.54. The maximum absolute atomic E-state index is 12.2. The third-order valence-electron chi connectivity index (χ3n) is 3.37. The van der Waals surface area contributed by atoms with Crippen molar-refractivity contribution >= 4 is 21.5 Å². The number of benzene rings is 1. The van der Waals surface area contributed by atoms with Crippen LogP contribution in [0.25, 0.3) is 17.0 Å². The molecule has 4 rings (SSSR count). The summed E-state index contributed by atoms with van der Waals surface area (Å²) in [5.41, 5.74) is 1.88. The van der Waals surface area contributed by atoms with Crippen molar-refractivity contribution in [3.63, 3.8) is 0 Å². The Bertz CT molecular complexity index is 1070. The summed E-state index contributed by atoms with van der Waals surface area (Å²) in [6, 6.07) is 8.76. The molecule has 3 aromatic heterocycles. The van der Waals surface area contributed by atoms with Crippen molar-refractivity contribution in [1.82, 2.24) is 19.5 Å². The van der Waals surface area contributed by atoms with Gasteiger partial charge >= 0.3 is 0 Å². The fourth-order valence-electron chi connectivity index (χ4n) is 2.25. The van der Waals surface area contributed by atoms with Crippen LogP contribution >= 0.6 is 0 Å². The first-order chi connectivity index (χ1) is 11.6. The van der Waals surface area contributed by atoms with Crippen molar-refractivity contribution in [2.24, 2.45) is 0 Å². The second-order valence-electron chi connectivity index (χ2n) is 5.00. The van der Waals surface area contributed by atoms with Crippen molar-refractivity contribution < 1.29 is 12.9 Å². The first kappa shape index (κ1) is 14.4. The average Bonchev–Trinajstić information content (AvgIpc) is 3.24. The monoisotopic (exact) mass is 341 g/mol. The highest BCUT2D eigenvalue weighted by atomic mass is 32.2. The van der Waals surface area contributed by atoms with E-state index < -0.39 is 10.0 Å². The summed E-state index contributed by atoms with van der Waals surface area (Å²) in [6.45, 7) is 0. The highest BCUT2D eigenvalue weighted by molar-refractivity contribution is 7.92. The van der Waals surface area contributed by atoms with Gasteiger partial charge in [-0.3, -0.25) is 9.12 Å². The highest BCUT2D eigenvalue weighted by Crippen LogP contribution is 2.23. The van der Waals surface area contributed by atoms with E-state index in [0.29, 0.717) is 17.2 Å². The number of sulfonamides is 1. The molecule has 0 aliphatic heterocycles. The van der Waals surface area contributed by atoms with Gasteiger partial charge in [-0.05, 0) is 18.2 Å². The molecule has 1 aromatic carbocycles. The minimum atomic E-state index is -3.74. The van der Waals surface area contributed by atoms with E-state index >= 15 is 0 Å². The van der Waals surface area contributed by atoms with Crippen LogP contribution in [0.4, 0.5) is 5.69 Å². The fraction of sp³-hybridized carbons (Fsp3) is 0. The van der Waals surface area contributed by atoms with Gasteiger partial charge in [0.2, 0.25) is 5.78 Å². The summed E-state index contributed by atoms with van der Waals surface area (Å²) < 4.78 is 33.3. The molecule has 0 radical (unpaired) electrons. The molecular weight excluding hydrogens is 330 g/mol. The molecule has 0 aliphatic carbocycles. The number of anilines is 1. The first-order valence-electron chi connectivity index (χ1n) is 6.94. The average molecular weight is 341 g/mol. The van der Waals surface area contributed by atoms with E-state index in [1.807, 2.05) is 24.5 Å². The molecule has 0 bridgehead atoms. The van der Waals surface area contributed by atoms with Gasteiger partial charge in [0.25, 0.3) is 10.0 Å². The molecule has 0 saturated carbocycles. The third-order valence-corrected chi connectivity index (χ3v) is 4.69. The quantitative estimate of drug-likeness (QED) is 0.610. The molecular formula is C15H11N5O3S. The normalized spacial score (nSPS) is 11.7. The lowest BCUT2D eigenvalue weighted by Crippen LogP contribution is -2.12. The zero-order chi connectivity index (χ0) is 16.6. The van der Waals surface area contributed by atoms with Gasteiger partial charge in [-0.25, -0.2) is 18.4 Å². The van der Waals surface area contributed by atoms with E-state index in [4.69, 9.17) is 0 Å². The fourth-order valence-corrected chi connectivity index (χ4v) is 3.16. The molecule has 0 atom stereocenters. The van der Waals surface area contributed by atoms with Gasteiger partial charge in [0.05, 0.1) is 11.9 Å². The van der Waals surface area contributed by atoms with E-state index in [-0.39, 0.29) is 4.90 Å². The predicted octanol–water partition coefficient (Wildman–Crippen LogP) is 2.19. The first-order valence-corrected chi connectivity index (χ1v) is 8.42. The number of imidazole rings is 1. The maximum Gasteiger partial charge on any atom is 0.266 e. The van der Waals surface area contributed by atoms with E-state index in [2.05, 4.69) is 24.4 Å². The van der Waals surface area contributed by atoms with Crippen molar-refractivity contribution in [3.05, 3.63) is 61.4 Å². The Morgan fingerprint density at radius 2 is 2.12 bits per heavy atom. The number of fused-ring (bicyclic) bond motifs is 1. The van der Waals surface area contributed by atoms with Gasteiger partial charge in [0, 0.05) is 29.8 Å². The molecule has 1 N–H and O–H groups in total. The minimum Gasteiger partial charge on any atom is -0.363 e. The molecule has 0 fully saturated rings. The number of nitrogens with one attached hydrogen (secondary N) is 1. The maximum atomic E-state index is 12.2. The van der Waals surface area contributed by atoms with Crippen LogP contribution in [0.3, 0.4) is 0 Å². The van der Waals surface area contributed by atoms with E-state index in [1.54, 1.807) is 28.8 Å². The second-order valence-corrected chi connectivity index (χ2v) is 6.68. The Morgan fingerprint density at radius 3 is 2.92 bits per heavy atom. The highest BCUT2D eigenvalue weighted by Gasteiger charge is 2.17. The number of nitrogens with zero attached hydrogens (tertiary/aromatic N) is 4. The van der Waals surface area contributed by atoms with Gasteiger partial charge in [0.1, 0.15) is 11.2 Å². The molecule has 8 nitrogen and oxygen atoms in total. The van der Waals surface area contributed by atoms with Crippen LogP contribution in [0.15, 0.2) is 70.8 Å². The molecule has 0 amide bonds. The van der Waals surface area contributed by atoms with E-state index in [0.717, 1.165) is 18.0 Å². The summed E-state index contributed by atoms with van der Waals surface area (Å²) >= 11 is 0. The van der Waals surface area contributed by atoms with Gasteiger partial charge in [-0.1, -0.05) is 17.3 Å². The molecule has 0 aliphatic rings. The Labute approximate surface area is 136 Å². The molecule has 0 saturated heterocycles. The van der Waals surface area contributed by atoms with Crippen molar-refractivity contribution in [3.8, 4) is 11.3 Å². The van der Waals surface area contributed by atoms with E-state index in [9.17, 15) is 8.42 Å². The topological polar surface area (TPSA) is 102 Å². The minimum absolute atomic E-state index is 0.0372. The molecule has 0 spiro atoms. The van der Waals surface area contributed by atoms with Crippen LogP contribution < -0.4 is 4.72 Å². The van der Waals surface area contributed by atoms with Gasteiger partial charge in [0.15, 0.2) is 0 Å². The Balaban J connectivity index is 1.69. The third kappa shape index (κ3) is 2.61. The predicted molar refractivity (Wildman–Crippen MR) is 85.7 cm³/mol. The number of rotatable bonds is 4. The number of aromatic nitrogens is 4. The molecule has 9 heteroatoms. The zero-order valence-electron chi connectivity index (χ0n) is 12.2. The van der Waals surface area contributed by atoms with Crippen LogP contribution in [-0.4, -0.2) is 27.9 Å². The summed E-state index contributed by atoms with van der Waals surface area (Å²) in [7, 11) is -3.74. The van der Waals surface area contributed by atoms with Crippen LogP contribution in [0.1, 0.15) is 0 Å². The molecule has 24 heavy (non-hydrogen) atoms. The molecule has 4 aromatic rings. The second kappa shape index (κ2) is 5.46. The number of hydrogen-bond acceptors (Lipinski definition) is 6. The van der Waals surface area contributed by atoms with Crippen molar-refractivity contribution in [1.29, 1.82) is 0 Å². The Hall–Kier alpha value is -3.20. The Morgan fingerprint density at radius 1 is 1.21 bits per heavy atom. The van der Waals surface area contributed by atoms with Crippen LogP contribution in [0.5, 0.6) is 0 Å². The largest absolute Gasteiger partial charge is 0.363 e. The SMILES string of the molecule is O=S(=O)(Nc1cccc(-c2cn3cccnc3n2)c1)c1cnoc1. The summed E-state index contributed by atoms with van der Waals surface area (Å²) in [5.74, 6) is 0.572. The van der Waals surface area contributed by atoms with Crippen LogP contribution in [0, 0.1) is 0 Å². The lowest BCUT2D eigenvalue weighted by Gasteiger charge is -2.06. The molecule has 120 valence electrons. The smallest absolute Gasteiger partial charge is 0.266 e. The summed E-state index contributed by atoms with van der Waals surface area (Å²) in [5, 5.41) is 3.41.